The molecule has 1 rings (SSSR count). The summed E-state index contributed by atoms with van der Waals surface area (Å²) >= 11 is 0.750. The molecule has 0 N–H and O–H groups in total. The molecule has 0 aromatic carbocycles. The van der Waals surface area contributed by atoms with Crippen molar-refractivity contribution in [3.8, 4) is 0 Å². The molecular weight excluding hydrogens is 149 g/mol. The molecule has 1 nitrogen and oxygen atoms in total. The van der Waals surface area contributed by atoms with Crippen LogP contribution in [0.5, 0.6) is 0 Å². The second-order valence-electron chi connectivity index (χ2n) is 2.25. The fourth-order valence-corrected chi connectivity index (χ4v) is 0.607. The van der Waals surface area contributed by atoms with E-state index < -0.39 is 0 Å². The number of rotatable bonds is 1. The van der Waals surface area contributed by atoms with Gasteiger partial charge in [-0.2, -0.15) is 0 Å². The van der Waals surface area contributed by atoms with Gasteiger partial charge in [0.1, 0.15) is 0 Å². The molecule has 0 aliphatic carbocycles. The van der Waals surface area contributed by atoms with Crippen molar-refractivity contribution in [1.82, 2.24) is 4.98 Å². The second-order valence-corrected chi connectivity index (χ2v) is 3.41. The summed E-state index contributed by atoms with van der Waals surface area (Å²) in [4.78, 5) is 4.10. The van der Waals surface area contributed by atoms with Gasteiger partial charge in [0.2, 0.25) is 0 Å². The quantitative estimate of drug-likeness (QED) is 0.583. The maximum absolute atomic E-state index is 4.10. The summed E-state index contributed by atoms with van der Waals surface area (Å²) in [5, 5.41) is 0. The van der Waals surface area contributed by atoms with Gasteiger partial charge in [0.25, 0.3) is 0 Å². The van der Waals surface area contributed by atoms with Gasteiger partial charge in [0.05, 0.1) is 0 Å². The molecule has 0 unspecified atom stereocenters. The van der Waals surface area contributed by atoms with Crippen molar-refractivity contribution in [1.29, 1.82) is 0 Å². The zero-order valence-corrected chi connectivity index (χ0v) is 8.70. The number of pyridine rings is 1. The molecule has 60 valence electrons. The molecule has 0 aliphatic heterocycles. The van der Waals surface area contributed by atoms with Crippen molar-refractivity contribution in [3.63, 3.8) is 0 Å². The Morgan fingerprint density at radius 2 is 2.09 bits per heavy atom. The minimum atomic E-state index is 0. The first-order valence-electron chi connectivity index (χ1n) is 3.99. The number of nitrogens with zero attached hydrogens (tertiary/aromatic N) is 1. The summed E-state index contributed by atoms with van der Waals surface area (Å²) in [6.07, 6.45) is 2.85. The molecule has 0 radical (unpaired) electrons. The molecule has 0 saturated heterocycles. The summed E-state index contributed by atoms with van der Waals surface area (Å²) in [6, 6.07) is 5.96. The van der Waals surface area contributed by atoms with Crippen LogP contribution in [0.25, 0.3) is 0 Å². The van der Waals surface area contributed by atoms with Crippen LogP contribution in [0.3, 0.4) is 0 Å². The Labute approximate surface area is 77.1 Å². The van der Waals surface area contributed by atoms with Crippen LogP contribution >= 0.6 is 0 Å². The van der Waals surface area contributed by atoms with Crippen LogP contribution in [0.1, 0.15) is 14.0 Å². The van der Waals surface area contributed by atoms with Crippen LogP contribution in [-0.4, -0.2) is 20.2 Å². The smallest absolute Gasteiger partial charge is 1.00 e. The van der Waals surface area contributed by atoms with E-state index >= 15 is 0 Å². The molecule has 2 heteroatoms. The minimum Gasteiger partial charge on any atom is -1.00 e. The second kappa shape index (κ2) is 7.79. The molecule has 11 heavy (non-hydrogen) atoms. The summed E-state index contributed by atoms with van der Waals surface area (Å²) in [6.45, 7) is 2.10. The molecule has 1 aromatic rings. The van der Waals surface area contributed by atoms with Crippen molar-refractivity contribution in [2.75, 3.05) is 0 Å². The van der Waals surface area contributed by atoms with Crippen molar-refractivity contribution in [3.05, 3.63) is 30.1 Å². The maximum Gasteiger partial charge on any atom is -1.00 e. The Kier molecular flexibility index (Phi) is 7.56. The Morgan fingerprint density at radius 1 is 1.45 bits per heavy atom. The number of aromatic nitrogens is 1. The average Bonchev–Trinajstić information content (AvgIpc) is 2.08. The van der Waals surface area contributed by atoms with E-state index in [1.807, 2.05) is 24.4 Å². The van der Waals surface area contributed by atoms with Crippen LogP contribution in [-0.2, 0) is 6.42 Å². The van der Waals surface area contributed by atoms with Crippen LogP contribution in [0.15, 0.2) is 24.4 Å². The van der Waals surface area contributed by atoms with Gasteiger partial charge in [-0.25, -0.2) is 0 Å². The fourth-order valence-electron chi connectivity index (χ4n) is 0.607. The Morgan fingerprint density at radius 3 is 2.36 bits per heavy atom. The van der Waals surface area contributed by atoms with Gasteiger partial charge in [-0.15, -0.1) is 0 Å². The first-order valence-corrected chi connectivity index (χ1v) is 6.30. The van der Waals surface area contributed by atoms with Gasteiger partial charge in [0.15, 0.2) is 0 Å². The van der Waals surface area contributed by atoms with E-state index in [0.717, 1.165) is 27.3 Å². The van der Waals surface area contributed by atoms with Gasteiger partial charge < -0.3 is 1.43 Å². The van der Waals surface area contributed by atoms with Crippen LogP contribution in [0.4, 0.5) is 0 Å². The van der Waals surface area contributed by atoms with E-state index in [4.69, 9.17) is 0 Å². The van der Waals surface area contributed by atoms with E-state index in [1.54, 1.807) is 0 Å². The van der Waals surface area contributed by atoms with Crippen molar-refractivity contribution >= 4 is 15.2 Å². The molecule has 0 aliphatic rings. The molecule has 0 amide bonds. The van der Waals surface area contributed by atoms with Crippen LogP contribution in [0, 0.1) is 0 Å². The molecule has 0 bridgehead atoms. The third-order valence-electron chi connectivity index (χ3n) is 1.09. The zero-order chi connectivity index (χ0) is 8.53. The fraction of sp³-hybridized carbons (Fsp3) is 0.444. The molecular formula is C9H16AlN. The standard InChI is InChI=1S/C7H9N.2CH3.Al.H/c1-2-7-5-3-4-6-8-7;;;;/h3-6H,2H2,1H3;2*1H3;;/q;;;+1;-1. The Bertz CT molecular complexity index is 167. The predicted molar refractivity (Wildman–Crippen MR) is 52.2 cm³/mol. The Hall–Kier alpha value is -0.318. The first-order chi connectivity index (χ1) is 5.35. The number of hydrogen-bond donors (Lipinski definition) is 0. The van der Waals surface area contributed by atoms with Crippen molar-refractivity contribution < 1.29 is 1.43 Å². The van der Waals surface area contributed by atoms with Gasteiger partial charge in [-0.05, 0) is 18.6 Å². The van der Waals surface area contributed by atoms with Gasteiger partial charge in [0, 0.05) is 11.9 Å². The van der Waals surface area contributed by atoms with Crippen molar-refractivity contribution in [2.24, 2.45) is 0 Å². The van der Waals surface area contributed by atoms with Gasteiger partial charge in [-0.1, -0.05) is 13.0 Å². The minimum absolute atomic E-state index is 0. The third-order valence-corrected chi connectivity index (χ3v) is 1.09. The first kappa shape index (κ1) is 10.7. The SMILES string of the molecule is CCc1ccccn1.[CH3][Al+][CH3].[H-]. The summed E-state index contributed by atoms with van der Waals surface area (Å²) in [5.41, 5.74) is 1.16. The predicted octanol–water partition coefficient (Wildman–Crippen LogP) is 2.54. The normalized spacial score (nSPS) is 7.55. The maximum atomic E-state index is 4.10. The zero-order valence-electron chi connectivity index (χ0n) is 8.54. The van der Waals surface area contributed by atoms with Gasteiger partial charge in [-0.3, -0.25) is 4.98 Å². The molecule has 1 aromatic heterocycles. The largest absolute Gasteiger partial charge is 1.00 e. The molecule has 0 spiro atoms. The number of hydrogen-bond acceptors (Lipinski definition) is 1. The molecule has 0 fully saturated rings. The van der Waals surface area contributed by atoms with E-state index in [-0.39, 0.29) is 1.43 Å². The van der Waals surface area contributed by atoms with Gasteiger partial charge >= 0.3 is 26.8 Å². The summed E-state index contributed by atoms with van der Waals surface area (Å²) in [7, 11) is 0. The van der Waals surface area contributed by atoms with Crippen molar-refractivity contribution in [2.45, 2.75) is 24.9 Å². The van der Waals surface area contributed by atoms with Crippen LogP contribution < -0.4 is 0 Å². The van der Waals surface area contributed by atoms with E-state index in [2.05, 4.69) is 23.5 Å². The monoisotopic (exact) mass is 165 g/mol. The average molecular weight is 165 g/mol. The van der Waals surface area contributed by atoms with E-state index in [0.29, 0.717) is 0 Å². The summed E-state index contributed by atoms with van der Waals surface area (Å²) < 4.78 is 0. The topological polar surface area (TPSA) is 12.9 Å². The number of aryl methyl sites for hydroxylation is 1. The van der Waals surface area contributed by atoms with E-state index in [1.165, 1.54) is 0 Å². The molecule has 1 heterocycles. The molecule has 0 atom stereocenters. The third kappa shape index (κ3) is 6.10. The van der Waals surface area contributed by atoms with E-state index in [9.17, 15) is 0 Å². The van der Waals surface area contributed by atoms with Crippen LogP contribution in [0.2, 0.25) is 11.6 Å². The Balaban J connectivity index is 0. The molecule has 0 saturated carbocycles. The summed E-state index contributed by atoms with van der Waals surface area (Å²) in [5.74, 6) is 4.42.